The van der Waals surface area contributed by atoms with E-state index in [1.54, 1.807) is 24.3 Å². The Morgan fingerprint density at radius 1 is 1.03 bits per heavy atom. The number of rotatable bonds is 13. The summed E-state index contributed by atoms with van der Waals surface area (Å²) in [5, 5.41) is 26.1. The van der Waals surface area contributed by atoms with Crippen molar-refractivity contribution in [1.29, 1.82) is 0 Å². The number of ether oxygens (including phenoxy) is 2. The summed E-state index contributed by atoms with van der Waals surface area (Å²) in [6.45, 7) is 1.12. The number of aliphatic hydroxyl groups is 1. The molecule has 0 aliphatic heterocycles. The number of aliphatic carboxylic acids is 1. The summed E-state index contributed by atoms with van der Waals surface area (Å²) >= 11 is 2.81. The zero-order chi connectivity index (χ0) is 27.0. The lowest BCUT2D eigenvalue weighted by Crippen LogP contribution is -2.45. The molecule has 4 rings (SSSR count). The highest BCUT2D eigenvalue weighted by atomic mass is 32.1. The lowest BCUT2D eigenvalue weighted by Gasteiger charge is -2.38. The molecule has 0 saturated heterocycles. The summed E-state index contributed by atoms with van der Waals surface area (Å²) in [6.07, 6.45) is 3.19. The van der Waals surface area contributed by atoms with Gasteiger partial charge in [0.1, 0.15) is 5.75 Å². The number of nitrogens with one attached hydrogen (secondary N) is 1. The quantitative estimate of drug-likeness (QED) is 0.290. The second kappa shape index (κ2) is 13.3. The van der Waals surface area contributed by atoms with Crippen LogP contribution in [0.4, 0.5) is 0 Å². The number of nitrogens with zero attached hydrogens (tertiary/aromatic N) is 1. The molecule has 2 aromatic heterocycles. The predicted molar refractivity (Wildman–Crippen MR) is 148 cm³/mol. The number of hydrogen-bond donors (Lipinski definition) is 3. The predicted octanol–water partition coefficient (Wildman–Crippen LogP) is 4.08. The Balaban J connectivity index is 1.22. The highest BCUT2D eigenvalue weighted by Gasteiger charge is 2.48. The Kier molecular flexibility index (Phi) is 9.92. The van der Waals surface area contributed by atoms with E-state index in [0.29, 0.717) is 34.6 Å². The van der Waals surface area contributed by atoms with Crippen molar-refractivity contribution in [2.75, 3.05) is 26.7 Å². The van der Waals surface area contributed by atoms with Gasteiger partial charge in [0.15, 0.2) is 6.61 Å². The first-order valence-electron chi connectivity index (χ1n) is 12.7. The molecule has 1 aliphatic rings. The van der Waals surface area contributed by atoms with Crippen molar-refractivity contribution >= 4 is 34.6 Å². The van der Waals surface area contributed by atoms with E-state index in [1.165, 1.54) is 22.7 Å². The number of hydrogen-bond acceptors (Lipinski definition) is 8. The van der Waals surface area contributed by atoms with Crippen molar-refractivity contribution in [3.63, 3.8) is 0 Å². The third kappa shape index (κ3) is 6.81. The van der Waals surface area contributed by atoms with Gasteiger partial charge >= 0.3 is 5.97 Å². The molecule has 1 aliphatic carbocycles. The van der Waals surface area contributed by atoms with Crippen molar-refractivity contribution in [2.24, 2.45) is 0 Å². The molecule has 1 saturated carbocycles. The first-order chi connectivity index (χ1) is 18.4. The minimum absolute atomic E-state index is 0.0314. The van der Waals surface area contributed by atoms with Crippen LogP contribution in [0.3, 0.4) is 0 Å². The van der Waals surface area contributed by atoms with Crippen LogP contribution in [0, 0.1) is 0 Å². The highest BCUT2D eigenvalue weighted by molar-refractivity contribution is 7.12. The summed E-state index contributed by atoms with van der Waals surface area (Å²) in [4.78, 5) is 28.4. The molecule has 1 aromatic carbocycles. The van der Waals surface area contributed by atoms with Crippen LogP contribution in [-0.4, -0.2) is 65.9 Å². The number of likely N-dealkylation sites (N-methyl/N-ethyl adjacent to an activating group) is 1. The first-order valence-corrected chi connectivity index (χ1v) is 14.5. The molecule has 0 radical (unpaired) electrons. The Morgan fingerprint density at radius 3 is 2.18 bits per heavy atom. The van der Waals surface area contributed by atoms with Crippen LogP contribution in [0.25, 0.3) is 0 Å². The van der Waals surface area contributed by atoms with E-state index in [4.69, 9.17) is 14.6 Å². The highest BCUT2D eigenvalue weighted by Crippen LogP contribution is 2.42. The van der Waals surface area contributed by atoms with E-state index in [0.717, 1.165) is 31.2 Å². The number of carboxylic acids is 1. The molecule has 3 aromatic rings. The van der Waals surface area contributed by atoms with Crippen LogP contribution in [0.5, 0.6) is 5.75 Å². The first kappa shape index (κ1) is 28.3. The maximum Gasteiger partial charge on any atom is 0.347 e. The fourth-order valence-electron chi connectivity index (χ4n) is 4.76. The minimum Gasteiger partial charge on any atom is -0.484 e. The topological polar surface area (TPSA) is 108 Å². The van der Waals surface area contributed by atoms with E-state index < -0.39 is 11.6 Å². The van der Waals surface area contributed by atoms with Crippen LogP contribution in [0.1, 0.15) is 41.0 Å². The molecule has 1 fully saturated rings. The average Bonchev–Trinajstić information content (AvgIpc) is 3.67. The SMILES string of the molecule is CN(CCNC(=O)COc1ccc(CO)cc1)[C@H]1CC[C@H](OC(C(=O)O)(c2cccs2)c2cccs2)CC1. The third-order valence-electron chi connectivity index (χ3n) is 6.91. The van der Waals surface area contributed by atoms with Gasteiger partial charge in [0.25, 0.3) is 5.91 Å². The standard InChI is InChI=1S/C28H34N2O6S2/c1-30(15-14-29-26(32)19-35-22-10-6-20(18-31)7-11-22)21-8-12-23(13-9-21)36-28(27(33)34,24-4-2-16-37-24)25-5-3-17-38-25/h2-7,10-11,16-17,21,23,31H,8-9,12-15,18-19H2,1H3,(H,29,32)(H,33,34)/t21-,23-. The molecule has 0 spiro atoms. The third-order valence-corrected chi connectivity index (χ3v) is 8.85. The van der Waals surface area contributed by atoms with Gasteiger partial charge < -0.3 is 29.9 Å². The van der Waals surface area contributed by atoms with Gasteiger partial charge in [0.2, 0.25) is 5.60 Å². The molecular weight excluding hydrogens is 524 g/mol. The molecule has 0 atom stereocenters. The second-order valence-corrected chi connectivity index (χ2v) is 11.3. The molecular formula is C28H34N2O6S2. The van der Waals surface area contributed by atoms with Gasteiger partial charge in [-0.2, -0.15) is 0 Å². The molecule has 1 amide bonds. The van der Waals surface area contributed by atoms with E-state index >= 15 is 0 Å². The van der Waals surface area contributed by atoms with E-state index in [1.807, 2.05) is 35.0 Å². The average molecular weight is 559 g/mol. The van der Waals surface area contributed by atoms with Crippen LogP contribution < -0.4 is 10.1 Å². The lowest BCUT2D eigenvalue weighted by atomic mass is 9.90. The number of carbonyl (C=O) groups is 2. The molecule has 0 unspecified atom stereocenters. The van der Waals surface area contributed by atoms with Gasteiger partial charge in [-0.15, -0.1) is 22.7 Å². The smallest absolute Gasteiger partial charge is 0.347 e. The molecule has 10 heteroatoms. The number of amides is 1. The molecule has 2 heterocycles. The van der Waals surface area contributed by atoms with E-state index in [9.17, 15) is 14.7 Å². The van der Waals surface area contributed by atoms with Gasteiger partial charge in [-0.1, -0.05) is 24.3 Å². The van der Waals surface area contributed by atoms with Gasteiger partial charge in [0, 0.05) is 19.1 Å². The number of benzene rings is 1. The Hall–Kier alpha value is -2.76. The zero-order valence-corrected chi connectivity index (χ0v) is 23.0. The molecule has 204 valence electrons. The largest absolute Gasteiger partial charge is 0.484 e. The van der Waals surface area contributed by atoms with Gasteiger partial charge in [-0.05, 0) is 73.3 Å². The Morgan fingerprint density at radius 2 is 1.66 bits per heavy atom. The zero-order valence-electron chi connectivity index (χ0n) is 21.4. The number of thiophene rings is 2. The number of carboxylic acid groups (broad SMARTS) is 1. The molecule has 0 bridgehead atoms. The maximum atomic E-state index is 12.6. The lowest BCUT2D eigenvalue weighted by molar-refractivity contribution is -0.170. The van der Waals surface area contributed by atoms with Crippen molar-refractivity contribution in [1.82, 2.24) is 10.2 Å². The van der Waals surface area contributed by atoms with Gasteiger partial charge in [-0.25, -0.2) is 4.79 Å². The van der Waals surface area contributed by atoms with Crippen molar-refractivity contribution in [3.05, 3.63) is 74.6 Å². The number of aliphatic hydroxyl groups excluding tert-OH is 1. The second-order valence-electron chi connectivity index (χ2n) is 9.41. The summed E-state index contributed by atoms with van der Waals surface area (Å²) < 4.78 is 12.0. The monoisotopic (exact) mass is 558 g/mol. The summed E-state index contributed by atoms with van der Waals surface area (Å²) in [5.74, 6) is -0.587. The van der Waals surface area contributed by atoms with Gasteiger partial charge in [-0.3, -0.25) is 4.79 Å². The van der Waals surface area contributed by atoms with Crippen molar-refractivity contribution in [3.8, 4) is 5.75 Å². The Bertz CT molecular complexity index is 1110. The van der Waals surface area contributed by atoms with Crippen LogP contribution in [0.2, 0.25) is 0 Å². The number of carbonyl (C=O) groups excluding carboxylic acids is 1. The van der Waals surface area contributed by atoms with E-state index in [-0.39, 0.29) is 25.2 Å². The van der Waals surface area contributed by atoms with Gasteiger partial charge in [0.05, 0.1) is 22.5 Å². The fraction of sp³-hybridized carbons (Fsp3) is 0.429. The van der Waals surface area contributed by atoms with Crippen molar-refractivity contribution in [2.45, 2.75) is 50.0 Å². The minimum atomic E-state index is -1.47. The van der Waals surface area contributed by atoms with Crippen LogP contribution >= 0.6 is 22.7 Å². The van der Waals surface area contributed by atoms with Crippen LogP contribution in [0.15, 0.2) is 59.3 Å². The summed E-state index contributed by atoms with van der Waals surface area (Å²) in [7, 11) is 2.05. The molecule has 3 N–H and O–H groups in total. The normalized spacial score (nSPS) is 17.9. The molecule has 8 nitrogen and oxygen atoms in total. The fourth-order valence-corrected chi connectivity index (χ4v) is 6.56. The maximum absolute atomic E-state index is 12.6. The summed E-state index contributed by atoms with van der Waals surface area (Å²) in [6, 6.07) is 14.7. The van der Waals surface area contributed by atoms with E-state index in [2.05, 4.69) is 17.3 Å². The summed E-state index contributed by atoms with van der Waals surface area (Å²) in [5.41, 5.74) is -0.685. The molecule has 38 heavy (non-hydrogen) atoms. The van der Waals surface area contributed by atoms with Crippen LogP contribution in [-0.2, 0) is 26.5 Å². The Labute approximate surface area is 230 Å². The van der Waals surface area contributed by atoms with Crippen molar-refractivity contribution < 1.29 is 29.3 Å².